The first kappa shape index (κ1) is 17.5. The molecule has 0 aliphatic carbocycles. The molecule has 1 aromatic heterocycles. The highest BCUT2D eigenvalue weighted by molar-refractivity contribution is 7.91. The van der Waals surface area contributed by atoms with Crippen LogP contribution in [0.5, 0.6) is 6.01 Å². The summed E-state index contributed by atoms with van der Waals surface area (Å²) in [5.41, 5.74) is 1.99. The van der Waals surface area contributed by atoms with Crippen LogP contribution in [0.15, 0.2) is 24.3 Å². The fourth-order valence-corrected chi connectivity index (χ4v) is 3.57. The Bertz CT molecular complexity index is 786. The van der Waals surface area contributed by atoms with E-state index in [-0.39, 0.29) is 11.8 Å². The van der Waals surface area contributed by atoms with Gasteiger partial charge >= 0.3 is 6.01 Å². The van der Waals surface area contributed by atoms with Crippen LogP contribution >= 0.6 is 11.6 Å². The third-order valence-corrected chi connectivity index (χ3v) is 4.49. The van der Waals surface area contributed by atoms with Crippen LogP contribution in [0.2, 0.25) is 5.02 Å². The Labute approximate surface area is 140 Å². The number of halogens is 1. The van der Waals surface area contributed by atoms with Crippen LogP contribution in [0.1, 0.15) is 23.9 Å². The highest BCUT2D eigenvalue weighted by Crippen LogP contribution is 2.22. The van der Waals surface area contributed by atoms with Crippen LogP contribution < -0.4 is 9.46 Å². The van der Waals surface area contributed by atoms with Crippen molar-refractivity contribution in [2.75, 3.05) is 11.3 Å². The largest absolute Gasteiger partial charge is 0.464 e. The molecule has 8 heteroatoms. The molecule has 1 N–H and O–H groups in total. The number of aryl methyl sites for hydroxylation is 2. The lowest BCUT2D eigenvalue weighted by Gasteiger charge is -2.13. The van der Waals surface area contributed by atoms with Gasteiger partial charge in [-0.2, -0.15) is 9.97 Å². The zero-order valence-electron chi connectivity index (χ0n) is 13.1. The number of ether oxygens (including phenoxy) is 1. The minimum Gasteiger partial charge on any atom is -0.464 e. The van der Waals surface area contributed by atoms with Crippen LogP contribution in [-0.2, 0) is 15.8 Å². The molecule has 124 valence electrons. The van der Waals surface area contributed by atoms with Gasteiger partial charge in [-0.3, -0.25) is 4.72 Å². The molecule has 0 aliphatic heterocycles. The van der Waals surface area contributed by atoms with E-state index in [0.29, 0.717) is 34.3 Å². The van der Waals surface area contributed by atoms with Gasteiger partial charge in [0.1, 0.15) is 0 Å². The van der Waals surface area contributed by atoms with E-state index >= 15 is 0 Å². The van der Waals surface area contributed by atoms with E-state index in [4.69, 9.17) is 16.3 Å². The predicted molar refractivity (Wildman–Crippen MR) is 90.4 cm³/mol. The highest BCUT2D eigenvalue weighted by Gasteiger charge is 2.17. The van der Waals surface area contributed by atoms with Gasteiger partial charge in [-0.25, -0.2) is 8.42 Å². The lowest BCUT2D eigenvalue weighted by Crippen LogP contribution is -2.18. The Balaban J connectivity index is 2.23. The molecule has 0 spiro atoms. The van der Waals surface area contributed by atoms with Gasteiger partial charge in [0.25, 0.3) is 0 Å². The zero-order chi connectivity index (χ0) is 17.0. The molecule has 0 atom stereocenters. The second kappa shape index (κ2) is 7.14. The van der Waals surface area contributed by atoms with Gasteiger partial charge in [0.15, 0.2) is 0 Å². The summed E-state index contributed by atoms with van der Waals surface area (Å²) >= 11 is 5.88. The molecule has 0 aliphatic rings. The second-order valence-corrected chi connectivity index (χ2v) is 7.13. The van der Waals surface area contributed by atoms with Gasteiger partial charge in [0, 0.05) is 5.02 Å². The van der Waals surface area contributed by atoms with Gasteiger partial charge in [-0.1, -0.05) is 23.7 Å². The van der Waals surface area contributed by atoms with Gasteiger partial charge in [-0.15, -0.1) is 0 Å². The third kappa shape index (κ3) is 4.80. The van der Waals surface area contributed by atoms with Crippen LogP contribution in [0.25, 0.3) is 0 Å². The summed E-state index contributed by atoms with van der Waals surface area (Å²) in [6, 6.07) is 6.97. The average Bonchev–Trinajstić information content (AvgIpc) is 2.43. The Morgan fingerprint density at radius 1 is 1.22 bits per heavy atom. The quantitative estimate of drug-likeness (QED) is 0.861. The van der Waals surface area contributed by atoms with E-state index < -0.39 is 10.0 Å². The van der Waals surface area contributed by atoms with Crippen molar-refractivity contribution in [3.05, 3.63) is 46.2 Å². The Morgan fingerprint density at radius 2 is 1.87 bits per heavy atom. The van der Waals surface area contributed by atoms with Crippen molar-refractivity contribution in [2.45, 2.75) is 26.5 Å². The van der Waals surface area contributed by atoms with Gasteiger partial charge in [-0.05, 0) is 38.5 Å². The lowest BCUT2D eigenvalue weighted by atomic mass is 10.2. The van der Waals surface area contributed by atoms with Gasteiger partial charge in [0.05, 0.1) is 29.4 Å². The Hall–Kier alpha value is -1.86. The molecule has 2 aromatic rings. The number of hydrogen-bond donors (Lipinski definition) is 1. The van der Waals surface area contributed by atoms with E-state index in [9.17, 15) is 8.42 Å². The van der Waals surface area contributed by atoms with Crippen molar-refractivity contribution >= 4 is 27.3 Å². The van der Waals surface area contributed by atoms with Crippen LogP contribution in [0, 0.1) is 13.8 Å². The van der Waals surface area contributed by atoms with Crippen molar-refractivity contribution < 1.29 is 13.2 Å². The third-order valence-electron chi connectivity index (χ3n) is 3.03. The number of anilines is 1. The molecule has 0 saturated carbocycles. The standard InChI is InChI=1S/C15H18ClN3O3S/c1-4-22-15-17-10(2)14(11(3)18-15)19-23(20,21)9-12-6-5-7-13(16)8-12/h5-8,19H,4,9H2,1-3H3. The monoisotopic (exact) mass is 355 g/mol. The van der Waals surface area contributed by atoms with Crippen molar-refractivity contribution in [1.29, 1.82) is 0 Å². The molecular formula is C15H18ClN3O3S. The summed E-state index contributed by atoms with van der Waals surface area (Å²) in [6.45, 7) is 5.68. The maximum absolute atomic E-state index is 12.4. The molecule has 0 amide bonds. The Morgan fingerprint density at radius 3 is 2.43 bits per heavy atom. The van der Waals surface area contributed by atoms with E-state index in [2.05, 4.69) is 14.7 Å². The predicted octanol–water partition coefficient (Wildman–Crippen LogP) is 3.09. The molecule has 1 heterocycles. The first-order valence-corrected chi connectivity index (χ1v) is 9.06. The molecule has 2 rings (SSSR count). The number of nitrogens with one attached hydrogen (secondary N) is 1. The number of sulfonamides is 1. The zero-order valence-corrected chi connectivity index (χ0v) is 14.7. The van der Waals surface area contributed by atoms with E-state index in [1.807, 2.05) is 6.92 Å². The van der Waals surface area contributed by atoms with Crippen molar-refractivity contribution in [3.63, 3.8) is 0 Å². The number of benzene rings is 1. The van der Waals surface area contributed by atoms with Crippen LogP contribution in [-0.4, -0.2) is 25.0 Å². The normalized spacial score (nSPS) is 11.3. The lowest BCUT2D eigenvalue weighted by molar-refractivity contribution is 0.311. The number of nitrogens with zero attached hydrogens (tertiary/aromatic N) is 2. The van der Waals surface area contributed by atoms with Crippen molar-refractivity contribution in [1.82, 2.24) is 9.97 Å². The first-order valence-electron chi connectivity index (χ1n) is 7.03. The molecule has 6 nitrogen and oxygen atoms in total. The summed E-state index contributed by atoms with van der Waals surface area (Å²) < 4.78 is 32.5. The van der Waals surface area contributed by atoms with Crippen molar-refractivity contribution in [3.8, 4) is 6.01 Å². The maximum Gasteiger partial charge on any atom is 0.316 e. The average molecular weight is 356 g/mol. The van der Waals surface area contributed by atoms with E-state index in [1.165, 1.54) is 0 Å². The summed E-state index contributed by atoms with van der Waals surface area (Å²) in [6.07, 6.45) is 0. The number of rotatable bonds is 6. The molecule has 0 saturated heterocycles. The second-order valence-electron chi connectivity index (χ2n) is 4.98. The molecular weight excluding hydrogens is 338 g/mol. The van der Waals surface area contributed by atoms with Gasteiger partial charge in [0.2, 0.25) is 10.0 Å². The number of aromatic nitrogens is 2. The SMILES string of the molecule is CCOc1nc(C)c(NS(=O)(=O)Cc2cccc(Cl)c2)c(C)n1. The molecule has 0 radical (unpaired) electrons. The first-order chi connectivity index (χ1) is 10.8. The fraction of sp³-hybridized carbons (Fsp3) is 0.333. The van der Waals surface area contributed by atoms with E-state index in [1.54, 1.807) is 38.1 Å². The smallest absolute Gasteiger partial charge is 0.316 e. The molecule has 23 heavy (non-hydrogen) atoms. The highest BCUT2D eigenvalue weighted by atomic mass is 35.5. The minimum atomic E-state index is -3.60. The minimum absolute atomic E-state index is 0.181. The van der Waals surface area contributed by atoms with Crippen LogP contribution in [0.3, 0.4) is 0 Å². The topological polar surface area (TPSA) is 81.2 Å². The van der Waals surface area contributed by atoms with Gasteiger partial charge < -0.3 is 4.74 Å². The molecule has 0 unspecified atom stereocenters. The fourth-order valence-electron chi connectivity index (χ4n) is 2.06. The summed E-state index contributed by atoms with van der Waals surface area (Å²) in [5, 5.41) is 0.495. The molecule has 1 aromatic carbocycles. The van der Waals surface area contributed by atoms with Crippen molar-refractivity contribution in [2.24, 2.45) is 0 Å². The van der Waals surface area contributed by atoms with E-state index in [0.717, 1.165) is 0 Å². The van der Waals surface area contributed by atoms with Crippen LogP contribution in [0.4, 0.5) is 5.69 Å². The summed E-state index contributed by atoms with van der Waals surface area (Å²) in [4.78, 5) is 8.30. The molecule has 0 bridgehead atoms. The summed E-state index contributed by atoms with van der Waals surface area (Å²) in [5.74, 6) is -0.181. The Kier molecular flexibility index (Phi) is 5.43. The summed E-state index contributed by atoms with van der Waals surface area (Å²) in [7, 11) is -3.60. The molecule has 0 fully saturated rings. The number of hydrogen-bond acceptors (Lipinski definition) is 5. The maximum atomic E-state index is 12.4.